The minimum Gasteiger partial charge on any atom is -0.383 e. The number of hydrogen-bond donors (Lipinski definition) is 1. The SMILES string of the molecule is CCCNc1cnccc1C(=O)N(CCOC)C(C)C. The fourth-order valence-corrected chi connectivity index (χ4v) is 1.92. The third-order valence-corrected chi connectivity index (χ3v) is 3.04. The molecule has 0 aliphatic rings. The van der Waals surface area contributed by atoms with Crippen LogP contribution in [0.3, 0.4) is 0 Å². The van der Waals surface area contributed by atoms with Crippen molar-refractivity contribution < 1.29 is 9.53 Å². The van der Waals surface area contributed by atoms with E-state index in [0.717, 1.165) is 18.7 Å². The van der Waals surface area contributed by atoms with Crippen LogP contribution in [-0.4, -0.2) is 48.6 Å². The number of ether oxygens (including phenoxy) is 1. The van der Waals surface area contributed by atoms with Crippen molar-refractivity contribution in [2.45, 2.75) is 33.2 Å². The first-order chi connectivity index (χ1) is 9.61. The average Bonchev–Trinajstić information content (AvgIpc) is 2.45. The van der Waals surface area contributed by atoms with Crippen LogP contribution < -0.4 is 5.32 Å². The summed E-state index contributed by atoms with van der Waals surface area (Å²) in [4.78, 5) is 18.6. The smallest absolute Gasteiger partial charge is 0.256 e. The van der Waals surface area contributed by atoms with Gasteiger partial charge in [-0.2, -0.15) is 0 Å². The van der Waals surface area contributed by atoms with Crippen LogP contribution in [0, 0.1) is 0 Å². The van der Waals surface area contributed by atoms with E-state index in [1.807, 2.05) is 18.7 Å². The van der Waals surface area contributed by atoms with Crippen LogP contribution >= 0.6 is 0 Å². The number of nitrogens with one attached hydrogen (secondary N) is 1. The molecule has 0 aromatic carbocycles. The minimum absolute atomic E-state index is 0.0121. The molecule has 5 nitrogen and oxygen atoms in total. The van der Waals surface area contributed by atoms with E-state index in [1.54, 1.807) is 25.6 Å². The molecule has 0 aliphatic heterocycles. The second-order valence-corrected chi connectivity index (χ2v) is 4.93. The standard InChI is InChI=1S/C15H25N3O2/c1-5-7-17-14-11-16-8-6-13(14)15(19)18(12(2)3)9-10-20-4/h6,8,11-12,17H,5,7,9-10H2,1-4H3. The van der Waals surface area contributed by atoms with Crippen molar-refractivity contribution in [2.75, 3.05) is 32.1 Å². The van der Waals surface area contributed by atoms with Gasteiger partial charge in [-0.15, -0.1) is 0 Å². The maximum Gasteiger partial charge on any atom is 0.256 e. The predicted octanol–water partition coefficient (Wildman–Crippen LogP) is 2.40. The van der Waals surface area contributed by atoms with Crippen LogP contribution in [0.2, 0.25) is 0 Å². The second-order valence-electron chi connectivity index (χ2n) is 4.93. The lowest BCUT2D eigenvalue weighted by Gasteiger charge is -2.27. The van der Waals surface area contributed by atoms with Crippen molar-refractivity contribution >= 4 is 11.6 Å². The van der Waals surface area contributed by atoms with Crippen LogP contribution in [0.25, 0.3) is 0 Å². The molecule has 1 aromatic rings. The number of aromatic nitrogens is 1. The van der Waals surface area contributed by atoms with Gasteiger partial charge in [0, 0.05) is 32.4 Å². The van der Waals surface area contributed by atoms with E-state index in [2.05, 4.69) is 17.2 Å². The molecule has 0 spiro atoms. The first-order valence-corrected chi connectivity index (χ1v) is 7.09. The van der Waals surface area contributed by atoms with Gasteiger partial charge in [0.15, 0.2) is 0 Å². The molecular weight excluding hydrogens is 254 g/mol. The Hall–Kier alpha value is -1.62. The minimum atomic E-state index is 0.0121. The van der Waals surface area contributed by atoms with Crippen LogP contribution in [0.1, 0.15) is 37.6 Å². The summed E-state index contributed by atoms with van der Waals surface area (Å²) in [6, 6.07) is 1.90. The summed E-state index contributed by atoms with van der Waals surface area (Å²) >= 11 is 0. The lowest BCUT2D eigenvalue weighted by atomic mass is 10.1. The van der Waals surface area contributed by atoms with Gasteiger partial charge in [0.25, 0.3) is 5.91 Å². The lowest BCUT2D eigenvalue weighted by Crippen LogP contribution is -2.39. The summed E-state index contributed by atoms with van der Waals surface area (Å²) in [5.41, 5.74) is 1.46. The number of hydrogen-bond acceptors (Lipinski definition) is 4. The Labute approximate surface area is 121 Å². The molecule has 20 heavy (non-hydrogen) atoms. The summed E-state index contributed by atoms with van der Waals surface area (Å²) in [6.45, 7) is 8.05. The highest BCUT2D eigenvalue weighted by Gasteiger charge is 2.21. The number of anilines is 1. The molecule has 0 saturated heterocycles. The first-order valence-electron chi connectivity index (χ1n) is 7.09. The van der Waals surface area contributed by atoms with E-state index in [4.69, 9.17) is 4.74 Å². The molecule has 0 fully saturated rings. The zero-order chi connectivity index (χ0) is 15.0. The summed E-state index contributed by atoms with van der Waals surface area (Å²) in [6.07, 6.45) is 4.36. The number of carbonyl (C=O) groups is 1. The van der Waals surface area contributed by atoms with Crippen molar-refractivity contribution in [2.24, 2.45) is 0 Å². The topological polar surface area (TPSA) is 54.5 Å². The highest BCUT2D eigenvalue weighted by molar-refractivity contribution is 5.99. The number of rotatable bonds is 8. The Bertz CT molecular complexity index is 421. The fourth-order valence-electron chi connectivity index (χ4n) is 1.92. The van der Waals surface area contributed by atoms with E-state index in [9.17, 15) is 4.79 Å². The van der Waals surface area contributed by atoms with Gasteiger partial charge in [-0.05, 0) is 26.3 Å². The lowest BCUT2D eigenvalue weighted by molar-refractivity contribution is 0.0636. The molecule has 1 heterocycles. The monoisotopic (exact) mass is 279 g/mol. The van der Waals surface area contributed by atoms with Gasteiger partial charge in [0.05, 0.1) is 24.1 Å². The molecular formula is C15H25N3O2. The number of nitrogens with zero attached hydrogens (tertiary/aromatic N) is 2. The van der Waals surface area contributed by atoms with E-state index in [-0.39, 0.29) is 11.9 Å². The molecule has 112 valence electrons. The van der Waals surface area contributed by atoms with E-state index in [0.29, 0.717) is 18.7 Å². The van der Waals surface area contributed by atoms with Gasteiger partial charge in [0.2, 0.25) is 0 Å². The van der Waals surface area contributed by atoms with Gasteiger partial charge < -0.3 is 15.0 Å². The van der Waals surface area contributed by atoms with E-state index >= 15 is 0 Å². The highest BCUT2D eigenvalue weighted by atomic mass is 16.5. The molecule has 1 rings (SSSR count). The molecule has 0 saturated carbocycles. The first kappa shape index (κ1) is 16.4. The van der Waals surface area contributed by atoms with E-state index < -0.39 is 0 Å². The number of amides is 1. The molecule has 0 bridgehead atoms. The zero-order valence-corrected chi connectivity index (χ0v) is 12.8. The fraction of sp³-hybridized carbons (Fsp3) is 0.600. The predicted molar refractivity (Wildman–Crippen MR) is 81.1 cm³/mol. The molecule has 0 radical (unpaired) electrons. The molecule has 1 amide bonds. The van der Waals surface area contributed by atoms with Crippen molar-refractivity contribution in [1.29, 1.82) is 0 Å². The van der Waals surface area contributed by atoms with Crippen LogP contribution in [0.15, 0.2) is 18.5 Å². The highest BCUT2D eigenvalue weighted by Crippen LogP contribution is 2.17. The normalized spacial score (nSPS) is 10.7. The molecule has 0 atom stereocenters. The van der Waals surface area contributed by atoms with Crippen molar-refractivity contribution in [3.05, 3.63) is 24.0 Å². The van der Waals surface area contributed by atoms with Gasteiger partial charge in [-0.3, -0.25) is 9.78 Å². The molecule has 0 aliphatic carbocycles. The second kappa shape index (κ2) is 8.53. The largest absolute Gasteiger partial charge is 0.383 e. The van der Waals surface area contributed by atoms with Gasteiger partial charge in [-0.1, -0.05) is 6.92 Å². The molecule has 0 unspecified atom stereocenters. The van der Waals surface area contributed by atoms with E-state index in [1.165, 1.54) is 0 Å². The Morgan fingerprint density at radius 1 is 1.50 bits per heavy atom. The summed E-state index contributed by atoms with van der Waals surface area (Å²) in [7, 11) is 1.64. The Balaban J connectivity index is 2.93. The average molecular weight is 279 g/mol. The number of pyridine rings is 1. The summed E-state index contributed by atoms with van der Waals surface area (Å²) in [5.74, 6) is 0.0121. The van der Waals surface area contributed by atoms with Crippen molar-refractivity contribution in [3.8, 4) is 0 Å². The van der Waals surface area contributed by atoms with Crippen molar-refractivity contribution in [3.63, 3.8) is 0 Å². The number of methoxy groups -OCH3 is 1. The maximum absolute atomic E-state index is 12.7. The van der Waals surface area contributed by atoms with Crippen LogP contribution in [0.4, 0.5) is 5.69 Å². The quantitative estimate of drug-likeness (QED) is 0.794. The summed E-state index contributed by atoms with van der Waals surface area (Å²) < 4.78 is 5.08. The third-order valence-electron chi connectivity index (χ3n) is 3.04. The third kappa shape index (κ3) is 4.49. The van der Waals surface area contributed by atoms with Crippen LogP contribution in [-0.2, 0) is 4.74 Å². The van der Waals surface area contributed by atoms with Gasteiger partial charge in [0.1, 0.15) is 0 Å². The molecule has 1 aromatic heterocycles. The number of carbonyl (C=O) groups excluding carboxylic acids is 1. The van der Waals surface area contributed by atoms with Crippen LogP contribution in [0.5, 0.6) is 0 Å². The maximum atomic E-state index is 12.7. The van der Waals surface area contributed by atoms with Gasteiger partial charge in [-0.25, -0.2) is 0 Å². The molecule has 5 heteroatoms. The Morgan fingerprint density at radius 2 is 2.25 bits per heavy atom. The summed E-state index contributed by atoms with van der Waals surface area (Å²) in [5, 5.41) is 3.25. The zero-order valence-electron chi connectivity index (χ0n) is 12.8. The van der Waals surface area contributed by atoms with Crippen molar-refractivity contribution in [1.82, 2.24) is 9.88 Å². The molecule has 1 N–H and O–H groups in total. The Morgan fingerprint density at radius 3 is 2.85 bits per heavy atom. The Kier molecular flexibility index (Phi) is 7.01. The van der Waals surface area contributed by atoms with Gasteiger partial charge >= 0.3 is 0 Å².